The Kier molecular flexibility index (Phi) is 5.74. The molecule has 0 saturated carbocycles. The van der Waals surface area contributed by atoms with Crippen LogP contribution in [0.2, 0.25) is 0 Å². The van der Waals surface area contributed by atoms with Gasteiger partial charge in [0.1, 0.15) is 0 Å². The fraction of sp³-hybridized carbons (Fsp3) is 0.923. The molecule has 0 aromatic carbocycles. The Morgan fingerprint density at radius 3 is 2.00 bits per heavy atom. The molecule has 0 radical (unpaired) electrons. The van der Waals surface area contributed by atoms with E-state index in [2.05, 4.69) is 13.8 Å². The molecule has 1 amide bonds. The number of likely N-dealkylation sites (tertiary alicyclic amines) is 1. The van der Waals surface area contributed by atoms with Crippen LogP contribution < -0.4 is 0 Å². The van der Waals surface area contributed by atoms with Crippen LogP contribution in [0.15, 0.2) is 0 Å². The lowest BCUT2D eigenvalue weighted by molar-refractivity contribution is -0.139. The SMILES string of the molecule is CCCCC(CCCC)C(=O)N1CCC1. The molecule has 0 unspecified atom stereocenters. The molecule has 1 aliphatic heterocycles. The lowest BCUT2D eigenvalue weighted by Crippen LogP contribution is -2.45. The maximum atomic E-state index is 12.1. The second-order valence-corrected chi connectivity index (χ2v) is 4.66. The van der Waals surface area contributed by atoms with E-state index in [1.54, 1.807) is 0 Å². The molecule has 2 heteroatoms. The van der Waals surface area contributed by atoms with Crippen molar-refractivity contribution in [3.8, 4) is 0 Å². The first-order valence-corrected chi connectivity index (χ1v) is 6.58. The minimum atomic E-state index is 0.324. The van der Waals surface area contributed by atoms with Crippen molar-refractivity contribution in [2.24, 2.45) is 5.92 Å². The Bertz CT molecular complexity index is 179. The minimum absolute atomic E-state index is 0.324. The van der Waals surface area contributed by atoms with E-state index >= 15 is 0 Å². The van der Waals surface area contributed by atoms with Crippen molar-refractivity contribution in [2.75, 3.05) is 13.1 Å². The fourth-order valence-electron chi connectivity index (χ4n) is 2.09. The molecule has 0 atom stereocenters. The summed E-state index contributed by atoms with van der Waals surface area (Å²) in [6.07, 6.45) is 8.23. The molecule has 0 aromatic heterocycles. The number of hydrogen-bond donors (Lipinski definition) is 0. The summed E-state index contributed by atoms with van der Waals surface area (Å²) in [7, 11) is 0. The Morgan fingerprint density at radius 1 is 1.13 bits per heavy atom. The minimum Gasteiger partial charge on any atom is -0.342 e. The third-order valence-corrected chi connectivity index (χ3v) is 3.33. The van der Waals surface area contributed by atoms with Crippen LogP contribution in [0.4, 0.5) is 0 Å². The highest BCUT2D eigenvalue weighted by Crippen LogP contribution is 2.21. The van der Waals surface area contributed by atoms with Crippen molar-refractivity contribution >= 4 is 5.91 Å². The van der Waals surface area contributed by atoms with Crippen LogP contribution in [-0.2, 0) is 4.79 Å². The van der Waals surface area contributed by atoms with Gasteiger partial charge in [-0.25, -0.2) is 0 Å². The maximum Gasteiger partial charge on any atom is 0.225 e. The summed E-state index contributed by atoms with van der Waals surface area (Å²) in [5, 5.41) is 0. The molecule has 15 heavy (non-hydrogen) atoms. The summed E-state index contributed by atoms with van der Waals surface area (Å²) < 4.78 is 0. The first-order valence-electron chi connectivity index (χ1n) is 6.58. The van der Waals surface area contributed by atoms with Gasteiger partial charge in [-0.1, -0.05) is 39.5 Å². The van der Waals surface area contributed by atoms with Crippen molar-refractivity contribution in [2.45, 2.75) is 58.8 Å². The molecule has 2 nitrogen and oxygen atoms in total. The molecular formula is C13H25NO. The van der Waals surface area contributed by atoms with Gasteiger partial charge in [0.15, 0.2) is 0 Å². The summed E-state index contributed by atoms with van der Waals surface area (Å²) in [5.74, 6) is 0.758. The van der Waals surface area contributed by atoms with Crippen molar-refractivity contribution < 1.29 is 4.79 Å². The number of unbranched alkanes of at least 4 members (excludes halogenated alkanes) is 2. The Labute approximate surface area is 94.0 Å². The van der Waals surface area contributed by atoms with Crippen LogP contribution in [0.5, 0.6) is 0 Å². The van der Waals surface area contributed by atoms with Gasteiger partial charge < -0.3 is 4.90 Å². The van der Waals surface area contributed by atoms with Crippen LogP contribution in [0.25, 0.3) is 0 Å². The van der Waals surface area contributed by atoms with Gasteiger partial charge in [-0.05, 0) is 19.3 Å². The molecule has 0 aromatic rings. The number of carbonyl (C=O) groups excluding carboxylic acids is 1. The van der Waals surface area contributed by atoms with Crippen LogP contribution in [0.1, 0.15) is 58.8 Å². The van der Waals surface area contributed by atoms with Crippen molar-refractivity contribution in [3.63, 3.8) is 0 Å². The summed E-state index contributed by atoms with van der Waals surface area (Å²) in [6.45, 7) is 6.41. The number of carbonyl (C=O) groups is 1. The monoisotopic (exact) mass is 211 g/mol. The van der Waals surface area contributed by atoms with Crippen molar-refractivity contribution in [3.05, 3.63) is 0 Å². The van der Waals surface area contributed by atoms with Crippen LogP contribution >= 0.6 is 0 Å². The van der Waals surface area contributed by atoms with Crippen molar-refractivity contribution in [1.82, 2.24) is 4.90 Å². The van der Waals surface area contributed by atoms with Gasteiger partial charge in [0.2, 0.25) is 5.91 Å². The highest BCUT2D eigenvalue weighted by Gasteiger charge is 2.26. The fourth-order valence-corrected chi connectivity index (χ4v) is 2.09. The first-order chi connectivity index (χ1) is 7.29. The topological polar surface area (TPSA) is 20.3 Å². The van der Waals surface area contributed by atoms with E-state index in [1.807, 2.05) is 4.90 Å². The molecule has 0 spiro atoms. The van der Waals surface area contributed by atoms with Gasteiger partial charge in [-0.2, -0.15) is 0 Å². The van der Waals surface area contributed by atoms with Crippen LogP contribution in [-0.4, -0.2) is 23.9 Å². The van der Waals surface area contributed by atoms with Crippen LogP contribution in [0, 0.1) is 5.92 Å². The second kappa shape index (κ2) is 6.86. The normalized spacial score (nSPS) is 15.5. The van der Waals surface area contributed by atoms with E-state index < -0.39 is 0 Å². The molecule has 0 N–H and O–H groups in total. The molecule has 1 heterocycles. The molecule has 88 valence electrons. The first kappa shape index (κ1) is 12.5. The van der Waals surface area contributed by atoms with E-state index in [0.29, 0.717) is 11.8 Å². The smallest absolute Gasteiger partial charge is 0.225 e. The average Bonchev–Trinajstić information content (AvgIpc) is 2.15. The highest BCUT2D eigenvalue weighted by atomic mass is 16.2. The van der Waals surface area contributed by atoms with Crippen LogP contribution in [0.3, 0.4) is 0 Å². The van der Waals surface area contributed by atoms with E-state index in [0.717, 1.165) is 25.9 Å². The number of rotatable bonds is 7. The molecule has 1 rings (SSSR count). The van der Waals surface area contributed by atoms with Gasteiger partial charge in [0.25, 0.3) is 0 Å². The number of nitrogens with zero attached hydrogens (tertiary/aromatic N) is 1. The predicted octanol–water partition coefficient (Wildman–Crippen LogP) is 3.22. The van der Waals surface area contributed by atoms with Gasteiger partial charge in [-0.3, -0.25) is 4.79 Å². The lowest BCUT2D eigenvalue weighted by Gasteiger charge is -2.34. The summed E-state index contributed by atoms with van der Waals surface area (Å²) in [6, 6.07) is 0. The average molecular weight is 211 g/mol. The zero-order valence-corrected chi connectivity index (χ0v) is 10.3. The summed E-state index contributed by atoms with van der Waals surface area (Å²) >= 11 is 0. The van der Waals surface area contributed by atoms with E-state index in [-0.39, 0.29) is 0 Å². The van der Waals surface area contributed by atoms with Gasteiger partial charge in [-0.15, -0.1) is 0 Å². The van der Waals surface area contributed by atoms with E-state index in [1.165, 1.54) is 32.1 Å². The van der Waals surface area contributed by atoms with Gasteiger partial charge in [0.05, 0.1) is 0 Å². The predicted molar refractivity (Wildman–Crippen MR) is 63.7 cm³/mol. The second-order valence-electron chi connectivity index (χ2n) is 4.66. The van der Waals surface area contributed by atoms with Gasteiger partial charge in [0, 0.05) is 19.0 Å². The maximum absolute atomic E-state index is 12.1. The molecule has 0 bridgehead atoms. The third kappa shape index (κ3) is 3.84. The Balaban J connectivity index is 2.34. The quantitative estimate of drug-likeness (QED) is 0.633. The zero-order chi connectivity index (χ0) is 11.1. The number of hydrogen-bond acceptors (Lipinski definition) is 1. The molecular weight excluding hydrogens is 186 g/mol. The lowest BCUT2D eigenvalue weighted by atomic mass is 9.93. The molecule has 1 saturated heterocycles. The molecule has 1 fully saturated rings. The third-order valence-electron chi connectivity index (χ3n) is 3.33. The Hall–Kier alpha value is -0.530. The number of amides is 1. The Morgan fingerprint density at radius 2 is 1.67 bits per heavy atom. The van der Waals surface area contributed by atoms with E-state index in [4.69, 9.17) is 0 Å². The standard InChI is InChI=1S/C13H25NO/c1-3-5-8-12(9-6-4-2)13(15)14-10-7-11-14/h12H,3-11H2,1-2H3. The zero-order valence-electron chi connectivity index (χ0n) is 10.3. The summed E-state index contributed by atoms with van der Waals surface area (Å²) in [4.78, 5) is 14.1. The largest absolute Gasteiger partial charge is 0.342 e. The molecule has 1 aliphatic rings. The van der Waals surface area contributed by atoms with Gasteiger partial charge >= 0.3 is 0 Å². The van der Waals surface area contributed by atoms with E-state index in [9.17, 15) is 4.79 Å². The highest BCUT2D eigenvalue weighted by molar-refractivity contribution is 5.79. The van der Waals surface area contributed by atoms with Crippen molar-refractivity contribution in [1.29, 1.82) is 0 Å². The molecule has 0 aliphatic carbocycles. The summed E-state index contributed by atoms with van der Waals surface area (Å²) in [5.41, 5.74) is 0.